The first-order valence-electron chi connectivity index (χ1n) is 23.4. The van der Waals surface area contributed by atoms with E-state index in [9.17, 15) is 0 Å². The summed E-state index contributed by atoms with van der Waals surface area (Å²) in [6, 6.07) is 27.3. The summed E-state index contributed by atoms with van der Waals surface area (Å²) >= 11 is 7.11. The summed E-state index contributed by atoms with van der Waals surface area (Å²) in [5, 5.41) is 0.776. The fourth-order valence-corrected chi connectivity index (χ4v) is 12.8. The quantitative estimate of drug-likeness (QED) is 0.160. The first-order valence-corrected chi connectivity index (χ1v) is 23.8. The Morgan fingerprint density at radius 1 is 0.393 bits per heavy atom. The molecule has 0 spiro atoms. The van der Waals surface area contributed by atoms with Crippen LogP contribution in [0.4, 0.5) is 34.1 Å². The molecule has 0 N–H and O–H groups in total. The van der Waals surface area contributed by atoms with Crippen molar-refractivity contribution in [2.75, 3.05) is 9.80 Å². The average molecular weight is 827 g/mol. The van der Waals surface area contributed by atoms with Crippen LogP contribution in [0.1, 0.15) is 172 Å². The number of anilines is 6. The van der Waals surface area contributed by atoms with E-state index in [0.29, 0.717) is 0 Å². The van der Waals surface area contributed by atoms with Gasteiger partial charge >= 0.3 is 0 Å². The van der Waals surface area contributed by atoms with Gasteiger partial charge in [-0.15, -0.1) is 0 Å². The van der Waals surface area contributed by atoms with Gasteiger partial charge in [0.1, 0.15) is 0 Å². The molecule has 0 bridgehead atoms. The molecule has 2 heterocycles. The second kappa shape index (κ2) is 12.8. The van der Waals surface area contributed by atoms with Crippen LogP contribution < -0.4 is 26.2 Å². The summed E-state index contributed by atoms with van der Waals surface area (Å²) in [6.07, 6.45) is 7.13. The molecular formula is C57H68BClN2. The fraction of sp³-hybridized carbons (Fsp3) is 0.474. The van der Waals surface area contributed by atoms with Gasteiger partial charge in [0, 0.05) is 39.1 Å². The lowest BCUT2D eigenvalue weighted by Crippen LogP contribution is -2.62. The van der Waals surface area contributed by atoms with Gasteiger partial charge < -0.3 is 9.80 Å². The minimum absolute atomic E-state index is 0.0492. The monoisotopic (exact) mass is 827 g/mol. The van der Waals surface area contributed by atoms with E-state index < -0.39 is 0 Å². The highest BCUT2D eigenvalue weighted by molar-refractivity contribution is 7.00. The molecule has 3 aliphatic carbocycles. The lowest BCUT2D eigenvalue weighted by atomic mass is 9.33. The second-order valence-corrected chi connectivity index (χ2v) is 24.6. The third kappa shape index (κ3) is 5.94. The molecule has 0 radical (unpaired) electrons. The van der Waals surface area contributed by atoms with Gasteiger partial charge in [0.15, 0.2) is 0 Å². The largest absolute Gasteiger partial charge is 0.311 e. The van der Waals surface area contributed by atoms with Crippen molar-refractivity contribution < 1.29 is 0 Å². The molecule has 2 aliphatic heterocycles. The summed E-state index contributed by atoms with van der Waals surface area (Å²) in [6.45, 7) is 36.6. The zero-order valence-corrected chi connectivity index (χ0v) is 40.7. The van der Waals surface area contributed by atoms with Crippen LogP contribution in [0.15, 0.2) is 66.7 Å². The van der Waals surface area contributed by atoms with Gasteiger partial charge in [0.05, 0.1) is 0 Å². The zero-order valence-electron chi connectivity index (χ0n) is 39.9. The van der Waals surface area contributed by atoms with Crippen molar-refractivity contribution in [1.29, 1.82) is 0 Å². The Morgan fingerprint density at radius 3 is 1.15 bits per heavy atom. The van der Waals surface area contributed by atoms with E-state index in [4.69, 9.17) is 11.6 Å². The van der Waals surface area contributed by atoms with Crippen LogP contribution in [-0.4, -0.2) is 6.71 Å². The summed E-state index contributed by atoms with van der Waals surface area (Å²) in [4.78, 5) is 5.32. The number of hydrogen-bond donors (Lipinski definition) is 0. The van der Waals surface area contributed by atoms with Crippen molar-refractivity contribution in [3.8, 4) is 0 Å². The van der Waals surface area contributed by atoms with Gasteiger partial charge in [0.25, 0.3) is 6.71 Å². The van der Waals surface area contributed by atoms with Crippen molar-refractivity contribution in [2.24, 2.45) is 0 Å². The molecule has 0 unspecified atom stereocenters. The predicted octanol–water partition coefficient (Wildman–Crippen LogP) is 14.4. The molecule has 0 saturated heterocycles. The van der Waals surface area contributed by atoms with Crippen LogP contribution in [0.5, 0.6) is 0 Å². The van der Waals surface area contributed by atoms with Crippen LogP contribution in [-0.2, 0) is 32.5 Å². The molecule has 5 aromatic carbocycles. The SMILES string of the molecule is Cc1cc2c3c(c1)N(c1cc4c(cc1C)C(C)(C)CCC4(C)C)c1cc4c(cc1B3c1ccc(Cl)cc1N2c1cc2c(cc1C)C(C)(C)CCC2(C)C)C(C)(C)CCC4(C)C. The Kier molecular flexibility index (Phi) is 8.65. The van der Waals surface area contributed by atoms with E-state index in [0.717, 1.165) is 5.02 Å². The predicted molar refractivity (Wildman–Crippen MR) is 266 cm³/mol. The van der Waals surface area contributed by atoms with Crippen molar-refractivity contribution in [1.82, 2.24) is 0 Å². The summed E-state index contributed by atoms with van der Waals surface area (Å²) < 4.78 is 0. The molecule has 2 nitrogen and oxygen atoms in total. The summed E-state index contributed by atoms with van der Waals surface area (Å²) in [5.74, 6) is 0. The molecule has 0 amide bonds. The number of nitrogens with zero attached hydrogens (tertiary/aromatic N) is 2. The first kappa shape index (κ1) is 41.1. The number of rotatable bonds is 2. The number of halogens is 1. The Labute approximate surface area is 373 Å². The molecule has 0 fully saturated rings. The standard InChI is InChI=1S/C57H68BClN2/c1-33-24-49-51-50(25-33)61(46-31-41-38(27-35(46)3)53(6,7)19-22-56(41,12)13)48-32-42-39(54(8,9)20-23-57(42,14)15)29-44(48)58(51)43-17-16-36(59)28-47(43)60(49)45-30-40-37(26-34(45)2)52(4,5)18-21-55(40,10)11/h16-17,24-32H,18-23H2,1-15H3. The van der Waals surface area contributed by atoms with Crippen LogP contribution in [0, 0.1) is 20.8 Å². The smallest absolute Gasteiger partial charge is 0.252 e. The van der Waals surface area contributed by atoms with E-state index in [2.05, 4.69) is 180 Å². The minimum Gasteiger partial charge on any atom is -0.311 e. The average Bonchev–Trinajstić information content (AvgIpc) is 3.17. The second-order valence-electron chi connectivity index (χ2n) is 24.2. The van der Waals surface area contributed by atoms with Crippen molar-refractivity contribution in [3.63, 3.8) is 0 Å². The number of hydrogen-bond acceptors (Lipinski definition) is 2. The number of aryl methyl sites for hydroxylation is 3. The number of benzene rings is 5. The topological polar surface area (TPSA) is 6.48 Å². The molecule has 5 aliphatic rings. The van der Waals surface area contributed by atoms with Gasteiger partial charge in [-0.25, -0.2) is 0 Å². The van der Waals surface area contributed by atoms with Crippen molar-refractivity contribution in [2.45, 2.75) is 175 Å². The van der Waals surface area contributed by atoms with Gasteiger partial charge in [0.2, 0.25) is 0 Å². The van der Waals surface area contributed by atoms with E-state index in [1.165, 1.54) is 139 Å². The summed E-state index contributed by atoms with van der Waals surface area (Å²) in [5.41, 5.74) is 25.3. The van der Waals surface area contributed by atoms with E-state index in [1.54, 1.807) is 0 Å². The maximum Gasteiger partial charge on any atom is 0.252 e. The Bertz CT molecular complexity index is 2720. The summed E-state index contributed by atoms with van der Waals surface area (Å²) in [7, 11) is 0. The van der Waals surface area contributed by atoms with Crippen LogP contribution >= 0.6 is 11.6 Å². The molecule has 316 valence electrons. The zero-order chi connectivity index (χ0) is 43.7. The molecule has 0 aromatic heterocycles. The Morgan fingerprint density at radius 2 is 0.738 bits per heavy atom. The molecule has 10 rings (SSSR count). The van der Waals surface area contributed by atoms with E-state index >= 15 is 0 Å². The molecule has 61 heavy (non-hydrogen) atoms. The van der Waals surface area contributed by atoms with Gasteiger partial charge in [-0.05, 0) is 201 Å². The van der Waals surface area contributed by atoms with Gasteiger partial charge in [-0.3, -0.25) is 0 Å². The van der Waals surface area contributed by atoms with Crippen LogP contribution in [0.3, 0.4) is 0 Å². The van der Waals surface area contributed by atoms with E-state index in [-0.39, 0.29) is 39.2 Å². The highest BCUT2D eigenvalue weighted by Gasteiger charge is 2.48. The Hall–Kier alpha value is -3.95. The van der Waals surface area contributed by atoms with Crippen molar-refractivity contribution in [3.05, 3.63) is 122 Å². The molecule has 4 heteroatoms. The third-order valence-corrected chi connectivity index (χ3v) is 17.2. The molecule has 0 saturated carbocycles. The molecule has 0 atom stereocenters. The minimum atomic E-state index is 0.0492. The molecular weight excluding hydrogens is 759 g/mol. The fourth-order valence-electron chi connectivity index (χ4n) is 12.6. The number of fused-ring (bicyclic) bond motifs is 7. The highest BCUT2D eigenvalue weighted by atomic mass is 35.5. The highest BCUT2D eigenvalue weighted by Crippen LogP contribution is 2.55. The lowest BCUT2D eigenvalue weighted by Gasteiger charge is -2.48. The van der Waals surface area contributed by atoms with Crippen LogP contribution in [0.25, 0.3) is 0 Å². The normalized spacial score (nSPS) is 21.4. The van der Waals surface area contributed by atoms with Crippen molar-refractivity contribution >= 4 is 68.8 Å². The van der Waals surface area contributed by atoms with E-state index in [1.807, 2.05) is 0 Å². The van der Waals surface area contributed by atoms with Crippen LogP contribution in [0.2, 0.25) is 5.02 Å². The van der Waals surface area contributed by atoms with Gasteiger partial charge in [-0.1, -0.05) is 119 Å². The lowest BCUT2D eigenvalue weighted by molar-refractivity contribution is 0.331. The maximum atomic E-state index is 7.11. The molecule has 5 aromatic rings. The maximum absolute atomic E-state index is 7.11. The third-order valence-electron chi connectivity index (χ3n) is 17.0. The first-order chi connectivity index (χ1) is 28.3. The Balaban J connectivity index is 1.32. The van der Waals surface area contributed by atoms with Gasteiger partial charge in [-0.2, -0.15) is 0 Å².